The number of hydrogen-bond donors (Lipinski definition) is 2. The Kier molecular flexibility index (Phi) is 4.54. The maximum atomic E-state index is 11.8. The molecule has 0 aromatic carbocycles. The minimum atomic E-state index is -0.0236. The number of carbonyl (C=O) groups excluding carboxylic acids is 1. The average Bonchev–Trinajstić information content (AvgIpc) is 2.16. The van der Waals surface area contributed by atoms with Crippen LogP contribution in [0.2, 0.25) is 0 Å². The summed E-state index contributed by atoms with van der Waals surface area (Å²) in [7, 11) is 0. The lowest BCUT2D eigenvalue weighted by molar-refractivity contribution is -0.127. The minimum absolute atomic E-state index is 0.0236. The van der Waals surface area contributed by atoms with E-state index in [1.165, 1.54) is 0 Å². The molecule has 88 valence electrons. The fraction of sp³-hybridized carbons (Fsp3) is 0.909. The fourth-order valence-electron chi connectivity index (χ4n) is 1.99. The van der Waals surface area contributed by atoms with Gasteiger partial charge in [-0.2, -0.15) is 0 Å². The van der Waals surface area contributed by atoms with Crippen molar-refractivity contribution in [1.82, 2.24) is 15.5 Å². The molecule has 1 rings (SSSR count). The highest BCUT2D eigenvalue weighted by Crippen LogP contribution is 2.08. The zero-order valence-corrected chi connectivity index (χ0v) is 10.2. The summed E-state index contributed by atoms with van der Waals surface area (Å²) in [5, 5.41) is 6.29. The molecule has 0 saturated carbocycles. The van der Waals surface area contributed by atoms with Gasteiger partial charge in [-0.1, -0.05) is 0 Å². The predicted octanol–water partition coefficient (Wildman–Crippen LogP) is 0.193. The summed E-state index contributed by atoms with van der Waals surface area (Å²) in [5.74, 6) is 0.138. The Bertz CT molecular complexity index is 218. The van der Waals surface area contributed by atoms with Gasteiger partial charge in [0.1, 0.15) is 0 Å². The third-order valence-corrected chi connectivity index (χ3v) is 2.86. The van der Waals surface area contributed by atoms with Crippen LogP contribution in [0.3, 0.4) is 0 Å². The van der Waals surface area contributed by atoms with Crippen LogP contribution in [0.1, 0.15) is 27.7 Å². The van der Waals surface area contributed by atoms with Crippen LogP contribution in [-0.4, -0.2) is 48.6 Å². The molecule has 2 N–H and O–H groups in total. The molecule has 0 radical (unpaired) electrons. The molecule has 0 aromatic heterocycles. The van der Waals surface area contributed by atoms with Crippen molar-refractivity contribution in [1.29, 1.82) is 0 Å². The normalized spacial score (nSPS) is 25.3. The van der Waals surface area contributed by atoms with Crippen molar-refractivity contribution in [3.05, 3.63) is 0 Å². The smallest absolute Gasteiger partial charge is 0.237 e. The molecule has 0 aromatic rings. The van der Waals surface area contributed by atoms with Crippen LogP contribution in [0.4, 0.5) is 0 Å². The molecule has 1 amide bonds. The Morgan fingerprint density at radius 3 is 2.67 bits per heavy atom. The number of nitrogens with one attached hydrogen (secondary N) is 2. The van der Waals surface area contributed by atoms with Gasteiger partial charge in [0.2, 0.25) is 5.91 Å². The highest BCUT2D eigenvalue weighted by atomic mass is 16.2. The molecule has 1 saturated heterocycles. The van der Waals surface area contributed by atoms with Gasteiger partial charge in [-0.15, -0.1) is 0 Å². The molecule has 1 fully saturated rings. The molecule has 1 aliphatic heterocycles. The number of carbonyl (C=O) groups is 1. The Hall–Kier alpha value is -0.610. The van der Waals surface area contributed by atoms with Crippen molar-refractivity contribution >= 4 is 5.91 Å². The molecule has 1 aliphatic rings. The van der Waals surface area contributed by atoms with E-state index in [1.807, 2.05) is 20.8 Å². The van der Waals surface area contributed by atoms with Crippen molar-refractivity contribution in [3.8, 4) is 0 Å². The summed E-state index contributed by atoms with van der Waals surface area (Å²) in [4.78, 5) is 14.1. The molecule has 0 spiro atoms. The third kappa shape index (κ3) is 3.47. The second-order valence-electron chi connectivity index (χ2n) is 4.63. The van der Waals surface area contributed by atoms with E-state index in [9.17, 15) is 4.79 Å². The molecule has 1 heterocycles. The maximum absolute atomic E-state index is 11.8. The van der Waals surface area contributed by atoms with Gasteiger partial charge < -0.3 is 10.6 Å². The second-order valence-corrected chi connectivity index (χ2v) is 4.63. The highest BCUT2D eigenvalue weighted by Gasteiger charge is 2.27. The van der Waals surface area contributed by atoms with Crippen LogP contribution in [0, 0.1) is 0 Å². The summed E-state index contributed by atoms with van der Waals surface area (Å²) < 4.78 is 0. The van der Waals surface area contributed by atoms with Crippen molar-refractivity contribution in [2.45, 2.75) is 45.8 Å². The number of rotatable bonds is 3. The van der Waals surface area contributed by atoms with Gasteiger partial charge in [0.05, 0.1) is 6.04 Å². The van der Waals surface area contributed by atoms with Crippen LogP contribution in [0.5, 0.6) is 0 Å². The largest absolute Gasteiger partial charge is 0.353 e. The van der Waals surface area contributed by atoms with Crippen LogP contribution in [0.25, 0.3) is 0 Å². The van der Waals surface area contributed by atoms with Gasteiger partial charge >= 0.3 is 0 Å². The Morgan fingerprint density at radius 1 is 1.47 bits per heavy atom. The van der Waals surface area contributed by atoms with Gasteiger partial charge in [0, 0.05) is 31.7 Å². The number of amides is 1. The van der Waals surface area contributed by atoms with E-state index in [2.05, 4.69) is 22.5 Å². The first-order valence-electron chi connectivity index (χ1n) is 5.79. The van der Waals surface area contributed by atoms with E-state index in [-0.39, 0.29) is 18.0 Å². The summed E-state index contributed by atoms with van der Waals surface area (Å²) in [5.41, 5.74) is 0. The minimum Gasteiger partial charge on any atom is -0.353 e. The Labute approximate surface area is 92.4 Å². The Balaban J connectivity index is 2.50. The summed E-state index contributed by atoms with van der Waals surface area (Å²) in [6.45, 7) is 11.0. The number of nitrogens with zero attached hydrogens (tertiary/aromatic N) is 1. The Morgan fingerprint density at radius 2 is 2.13 bits per heavy atom. The van der Waals surface area contributed by atoms with Crippen LogP contribution >= 0.6 is 0 Å². The standard InChI is InChI=1S/C11H23N3O/c1-8(2)13-11(15)10(4)14-6-5-12-7-9(14)3/h8-10,12H,5-7H2,1-4H3,(H,13,15)/t9-,10?/m1/s1. The zero-order valence-electron chi connectivity index (χ0n) is 10.2. The number of piperazine rings is 1. The SMILES string of the molecule is CC(C)NC(=O)C(C)N1CCNC[C@H]1C. The zero-order chi connectivity index (χ0) is 11.4. The van der Waals surface area contributed by atoms with E-state index in [4.69, 9.17) is 0 Å². The third-order valence-electron chi connectivity index (χ3n) is 2.86. The summed E-state index contributed by atoms with van der Waals surface area (Å²) >= 11 is 0. The van der Waals surface area contributed by atoms with Gasteiger partial charge in [0.25, 0.3) is 0 Å². The fourth-order valence-corrected chi connectivity index (χ4v) is 1.99. The lowest BCUT2D eigenvalue weighted by Crippen LogP contribution is -2.57. The van der Waals surface area contributed by atoms with E-state index in [1.54, 1.807) is 0 Å². The first kappa shape index (κ1) is 12.5. The van der Waals surface area contributed by atoms with Gasteiger partial charge in [-0.25, -0.2) is 0 Å². The van der Waals surface area contributed by atoms with E-state index >= 15 is 0 Å². The van der Waals surface area contributed by atoms with E-state index in [0.717, 1.165) is 19.6 Å². The van der Waals surface area contributed by atoms with Crippen LogP contribution < -0.4 is 10.6 Å². The first-order chi connectivity index (χ1) is 7.02. The van der Waals surface area contributed by atoms with Crippen molar-refractivity contribution in [2.75, 3.05) is 19.6 Å². The lowest BCUT2D eigenvalue weighted by Gasteiger charge is -2.37. The molecular weight excluding hydrogens is 190 g/mol. The molecule has 4 heteroatoms. The maximum Gasteiger partial charge on any atom is 0.237 e. The highest BCUT2D eigenvalue weighted by molar-refractivity contribution is 5.81. The molecule has 0 bridgehead atoms. The monoisotopic (exact) mass is 213 g/mol. The van der Waals surface area contributed by atoms with Gasteiger partial charge in [-0.05, 0) is 27.7 Å². The molecule has 15 heavy (non-hydrogen) atoms. The topological polar surface area (TPSA) is 44.4 Å². The molecule has 4 nitrogen and oxygen atoms in total. The van der Waals surface area contributed by atoms with Crippen molar-refractivity contribution < 1.29 is 4.79 Å². The predicted molar refractivity (Wildman–Crippen MR) is 61.8 cm³/mol. The number of hydrogen-bond acceptors (Lipinski definition) is 3. The van der Waals surface area contributed by atoms with Crippen molar-refractivity contribution in [3.63, 3.8) is 0 Å². The first-order valence-corrected chi connectivity index (χ1v) is 5.79. The average molecular weight is 213 g/mol. The summed E-state index contributed by atoms with van der Waals surface area (Å²) in [6, 6.07) is 0.634. The summed E-state index contributed by atoms with van der Waals surface area (Å²) in [6.07, 6.45) is 0. The quantitative estimate of drug-likeness (QED) is 0.703. The van der Waals surface area contributed by atoms with Gasteiger partial charge in [0.15, 0.2) is 0 Å². The van der Waals surface area contributed by atoms with Crippen molar-refractivity contribution in [2.24, 2.45) is 0 Å². The van der Waals surface area contributed by atoms with Gasteiger partial charge in [-0.3, -0.25) is 9.69 Å². The van der Waals surface area contributed by atoms with E-state index < -0.39 is 0 Å². The molecule has 1 unspecified atom stereocenters. The molecular formula is C11H23N3O. The van der Waals surface area contributed by atoms with Crippen LogP contribution in [0.15, 0.2) is 0 Å². The second kappa shape index (κ2) is 5.47. The molecule has 0 aliphatic carbocycles. The lowest BCUT2D eigenvalue weighted by atomic mass is 10.1. The molecule has 2 atom stereocenters. The van der Waals surface area contributed by atoms with Crippen LogP contribution in [-0.2, 0) is 4.79 Å². The van der Waals surface area contributed by atoms with E-state index in [0.29, 0.717) is 6.04 Å².